The Balaban J connectivity index is 1.48. The number of hydrogen-bond acceptors (Lipinski definition) is 6. The molecule has 3 rings (SSSR count). The number of amides is 2. The van der Waals surface area contributed by atoms with Crippen LogP contribution in [0.2, 0.25) is 0 Å². The Bertz CT molecular complexity index is 718. The predicted octanol–water partition coefficient (Wildman–Crippen LogP) is 2.29. The lowest BCUT2D eigenvalue weighted by molar-refractivity contribution is -0.136. The molecule has 128 valence electrons. The van der Waals surface area contributed by atoms with E-state index < -0.39 is 0 Å². The summed E-state index contributed by atoms with van der Waals surface area (Å²) in [5.41, 5.74) is 0.688. The fourth-order valence-electron chi connectivity index (χ4n) is 2.39. The minimum atomic E-state index is -0.215. The van der Waals surface area contributed by atoms with Gasteiger partial charge < -0.3 is 19.4 Å². The predicted molar refractivity (Wildman–Crippen MR) is 89.8 cm³/mol. The molecule has 0 radical (unpaired) electrons. The molecule has 1 fully saturated rings. The van der Waals surface area contributed by atoms with Gasteiger partial charge in [-0.1, -0.05) is 0 Å². The largest absolute Gasteiger partial charge is 0.460 e. The topological polar surface area (TPSA) is 84.7 Å². The van der Waals surface area contributed by atoms with Crippen molar-refractivity contribution in [3.8, 4) is 11.5 Å². The maximum absolute atomic E-state index is 12.0. The van der Waals surface area contributed by atoms with Gasteiger partial charge in [0.25, 0.3) is 0 Å². The highest BCUT2D eigenvalue weighted by Crippen LogP contribution is 2.26. The van der Waals surface area contributed by atoms with E-state index >= 15 is 0 Å². The Hall–Kier alpha value is -2.19. The van der Waals surface area contributed by atoms with Gasteiger partial charge in [0.05, 0.1) is 13.2 Å². The van der Waals surface area contributed by atoms with Gasteiger partial charge >= 0.3 is 0 Å². The number of ether oxygens (including phenoxy) is 1. The summed E-state index contributed by atoms with van der Waals surface area (Å²) in [6.07, 6.45) is 0.340. The number of morpholine rings is 1. The number of aryl methyl sites for hydroxylation is 1. The van der Waals surface area contributed by atoms with Crippen LogP contribution in [0.4, 0.5) is 5.13 Å². The maximum Gasteiger partial charge on any atom is 0.226 e. The lowest BCUT2D eigenvalue weighted by Crippen LogP contribution is -2.40. The standard InChI is InChI=1S/C16H19N3O4S/c1-11-2-3-13(23-11)12-10-24-16(17-12)18-14(20)4-5-15(21)19-6-8-22-9-7-19/h2-3,10H,4-9H2,1H3,(H,17,18,20). The van der Waals surface area contributed by atoms with E-state index in [1.165, 1.54) is 11.3 Å². The second kappa shape index (κ2) is 7.59. The van der Waals surface area contributed by atoms with Crippen molar-refractivity contribution < 1.29 is 18.7 Å². The van der Waals surface area contributed by atoms with Gasteiger partial charge in [-0.25, -0.2) is 4.98 Å². The molecule has 0 atom stereocenters. The van der Waals surface area contributed by atoms with Crippen LogP contribution in [0, 0.1) is 6.92 Å². The highest BCUT2D eigenvalue weighted by Gasteiger charge is 2.18. The third kappa shape index (κ3) is 4.21. The number of thiazole rings is 1. The number of hydrogen-bond donors (Lipinski definition) is 1. The van der Waals surface area contributed by atoms with Crippen LogP contribution < -0.4 is 5.32 Å². The Morgan fingerprint density at radius 3 is 2.79 bits per heavy atom. The van der Waals surface area contributed by atoms with Crippen molar-refractivity contribution in [3.63, 3.8) is 0 Å². The molecule has 0 saturated carbocycles. The van der Waals surface area contributed by atoms with Crippen molar-refractivity contribution in [1.29, 1.82) is 0 Å². The van der Waals surface area contributed by atoms with Gasteiger partial charge in [-0.15, -0.1) is 11.3 Å². The molecule has 3 heterocycles. The summed E-state index contributed by atoms with van der Waals surface area (Å²) in [5, 5.41) is 5.06. The molecular weight excluding hydrogens is 330 g/mol. The van der Waals surface area contributed by atoms with Gasteiger partial charge in [0.15, 0.2) is 10.9 Å². The van der Waals surface area contributed by atoms with Gasteiger partial charge in [-0.3, -0.25) is 9.59 Å². The number of rotatable bonds is 5. The lowest BCUT2D eigenvalue weighted by Gasteiger charge is -2.26. The van der Waals surface area contributed by atoms with E-state index in [9.17, 15) is 9.59 Å². The summed E-state index contributed by atoms with van der Waals surface area (Å²) in [5.74, 6) is 1.25. The summed E-state index contributed by atoms with van der Waals surface area (Å²) >= 11 is 1.33. The molecule has 0 unspecified atom stereocenters. The van der Waals surface area contributed by atoms with E-state index in [2.05, 4.69) is 10.3 Å². The molecule has 0 aromatic carbocycles. The van der Waals surface area contributed by atoms with Crippen molar-refractivity contribution in [2.75, 3.05) is 31.6 Å². The molecule has 2 aromatic rings. The SMILES string of the molecule is Cc1ccc(-c2csc(NC(=O)CCC(=O)N3CCOCC3)n2)o1. The van der Waals surface area contributed by atoms with Crippen LogP contribution in [0.25, 0.3) is 11.5 Å². The average molecular weight is 349 g/mol. The molecule has 2 amide bonds. The smallest absolute Gasteiger partial charge is 0.226 e. The number of nitrogens with zero attached hydrogens (tertiary/aromatic N) is 2. The van der Waals surface area contributed by atoms with Gasteiger partial charge in [-0.2, -0.15) is 0 Å². The molecular formula is C16H19N3O4S. The molecule has 0 spiro atoms. The minimum Gasteiger partial charge on any atom is -0.460 e. The Morgan fingerprint density at radius 2 is 2.08 bits per heavy atom. The van der Waals surface area contributed by atoms with Crippen LogP contribution in [-0.2, 0) is 14.3 Å². The van der Waals surface area contributed by atoms with E-state index in [1.807, 2.05) is 24.4 Å². The van der Waals surface area contributed by atoms with Gasteiger partial charge in [0.1, 0.15) is 11.5 Å². The van der Waals surface area contributed by atoms with Crippen LogP contribution in [0.3, 0.4) is 0 Å². The first-order valence-electron chi connectivity index (χ1n) is 7.79. The van der Waals surface area contributed by atoms with E-state index in [1.54, 1.807) is 4.90 Å². The third-order valence-electron chi connectivity index (χ3n) is 3.67. The van der Waals surface area contributed by atoms with Crippen LogP contribution in [0.1, 0.15) is 18.6 Å². The summed E-state index contributed by atoms with van der Waals surface area (Å²) < 4.78 is 10.7. The van der Waals surface area contributed by atoms with Gasteiger partial charge in [-0.05, 0) is 19.1 Å². The van der Waals surface area contributed by atoms with Crippen molar-refractivity contribution in [2.45, 2.75) is 19.8 Å². The Morgan fingerprint density at radius 1 is 1.29 bits per heavy atom. The van der Waals surface area contributed by atoms with E-state index in [-0.39, 0.29) is 24.7 Å². The first-order valence-corrected chi connectivity index (χ1v) is 8.67. The Kier molecular flexibility index (Phi) is 5.27. The normalized spacial score (nSPS) is 14.6. The molecule has 1 aliphatic rings. The molecule has 8 heteroatoms. The number of nitrogens with one attached hydrogen (secondary N) is 1. The van der Waals surface area contributed by atoms with E-state index in [4.69, 9.17) is 9.15 Å². The molecule has 1 saturated heterocycles. The molecule has 2 aromatic heterocycles. The molecule has 24 heavy (non-hydrogen) atoms. The molecule has 1 aliphatic heterocycles. The second-order valence-electron chi connectivity index (χ2n) is 5.49. The van der Waals surface area contributed by atoms with Crippen LogP contribution in [0.15, 0.2) is 21.9 Å². The fourth-order valence-corrected chi connectivity index (χ4v) is 3.11. The quantitative estimate of drug-likeness (QED) is 0.895. The highest BCUT2D eigenvalue weighted by atomic mass is 32.1. The first-order chi connectivity index (χ1) is 11.6. The number of carbonyl (C=O) groups is 2. The Labute approximate surface area is 143 Å². The summed E-state index contributed by atoms with van der Waals surface area (Å²) in [7, 11) is 0. The summed E-state index contributed by atoms with van der Waals surface area (Å²) in [6, 6.07) is 3.71. The molecule has 0 bridgehead atoms. The summed E-state index contributed by atoms with van der Waals surface area (Å²) in [4.78, 5) is 30.1. The van der Waals surface area contributed by atoms with Crippen molar-refractivity contribution in [3.05, 3.63) is 23.3 Å². The van der Waals surface area contributed by atoms with E-state index in [0.29, 0.717) is 42.9 Å². The van der Waals surface area contributed by atoms with Crippen LogP contribution in [0.5, 0.6) is 0 Å². The van der Waals surface area contributed by atoms with Crippen LogP contribution in [-0.4, -0.2) is 48.0 Å². The van der Waals surface area contributed by atoms with Crippen LogP contribution >= 0.6 is 11.3 Å². The van der Waals surface area contributed by atoms with Gasteiger partial charge in [0.2, 0.25) is 11.8 Å². The van der Waals surface area contributed by atoms with Crippen molar-refractivity contribution in [2.24, 2.45) is 0 Å². The zero-order valence-electron chi connectivity index (χ0n) is 13.4. The van der Waals surface area contributed by atoms with Crippen molar-refractivity contribution in [1.82, 2.24) is 9.88 Å². The number of aromatic nitrogens is 1. The minimum absolute atomic E-state index is 0.0145. The lowest BCUT2D eigenvalue weighted by atomic mass is 10.2. The number of carbonyl (C=O) groups excluding carboxylic acids is 2. The zero-order valence-corrected chi connectivity index (χ0v) is 14.2. The summed E-state index contributed by atoms with van der Waals surface area (Å²) in [6.45, 7) is 4.18. The highest BCUT2D eigenvalue weighted by molar-refractivity contribution is 7.14. The molecule has 7 nitrogen and oxygen atoms in total. The maximum atomic E-state index is 12.0. The van der Waals surface area contributed by atoms with E-state index in [0.717, 1.165) is 5.76 Å². The molecule has 1 N–H and O–H groups in total. The fraction of sp³-hybridized carbons (Fsp3) is 0.438. The monoisotopic (exact) mass is 349 g/mol. The van der Waals surface area contributed by atoms with Gasteiger partial charge in [0, 0.05) is 31.3 Å². The molecule has 0 aliphatic carbocycles. The van der Waals surface area contributed by atoms with Crippen molar-refractivity contribution >= 4 is 28.3 Å². The zero-order chi connectivity index (χ0) is 16.9. The second-order valence-corrected chi connectivity index (χ2v) is 6.35. The number of furan rings is 1. The average Bonchev–Trinajstić information content (AvgIpc) is 3.22. The first kappa shape index (κ1) is 16.7. The third-order valence-corrected chi connectivity index (χ3v) is 4.43. The number of anilines is 1.